The first-order valence-corrected chi connectivity index (χ1v) is 10.5. The maximum atomic E-state index is 13.3. The van der Waals surface area contributed by atoms with Crippen molar-refractivity contribution < 1.29 is 23.5 Å². The fourth-order valence-electron chi connectivity index (χ4n) is 3.84. The molecular weight excluding hydrogens is 417 g/mol. The fraction of sp³-hybridized carbons (Fsp3) is 0.435. The van der Waals surface area contributed by atoms with Gasteiger partial charge in [-0.2, -0.15) is 0 Å². The van der Waals surface area contributed by atoms with Crippen LogP contribution in [0.4, 0.5) is 4.39 Å². The molecule has 0 unspecified atom stereocenters. The Balaban J connectivity index is 2.00. The van der Waals surface area contributed by atoms with Gasteiger partial charge in [0.15, 0.2) is 17.7 Å². The molecule has 1 aliphatic rings. The quantitative estimate of drug-likeness (QED) is 0.708. The standard InChI is InChI=1S/C23H28FN3O5/c1-6-13(2)27-18(31-4)12-26-11-17(20(28)21(32-5)19(26)23(27)30)22(29)25-14(3)15-7-9-16(24)10-8-15/h7-11,13-14,18H,6,12H2,1-5H3,(H,25,29)/t13-,14+,18-/m1/s1. The van der Waals surface area contributed by atoms with Crippen LogP contribution in [0.3, 0.4) is 0 Å². The summed E-state index contributed by atoms with van der Waals surface area (Å²) in [7, 11) is 2.81. The molecule has 0 fully saturated rings. The summed E-state index contributed by atoms with van der Waals surface area (Å²) in [5.74, 6) is -1.57. The summed E-state index contributed by atoms with van der Waals surface area (Å²) in [6.45, 7) is 5.83. The van der Waals surface area contributed by atoms with Gasteiger partial charge in [0.25, 0.3) is 11.8 Å². The maximum absolute atomic E-state index is 13.3. The lowest BCUT2D eigenvalue weighted by Crippen LogP contribution is -2.53. The Morgan fingerprint density at radius 2 is 1.88 bits per heavy atom. The van der Waals surface area contributed by atoms with Crippen molar-refractivity contribution in [1.82, 2.24) is 14.8 Å². The number of nitrogens with one attached hydrogen (secondary N) is 1. The van der Waals surface area contributed by atoms with E-state index < -0.39 is 29.5 Å². The Morgan fingerprint density at radius 1 is 1.22 bits per heavy atom. The molecule has 0 bridgehead atoms. The number of aromatic nitrogens is 1. The predicted octanol–water partition coefficient (Wildman–Crippen LogP) is 2.71. The van der Waals surface area contributed by atoms with E-state index in [9.17, 15) is 18.8 Å². The van der Waals surface area contributed by atoms with Gasteiger partial charge in [0.2, 0.25) is 5.43 Å². The summed E-state index contributed by atoms with van der Waals surface area (Å²) >= 11 is 0. The summed E-state index contributed by atoms with van der Waals surface area (Å²) in [5.41, 5.74) is -0.0482. The Bertz CT molecular complexity index is 1070. The van der Waals surface area contributed by atoms with Crippen molar-refractivity contribution in [1.29, 1.82) is 0 Å². The van der Waals surface area contributed by atoms with Crippen molar-refractivity contribution in [2.24, 2.45) is 0 Å². The number of benzene rings is 1. The highest BCUT2D eigenvalue weighted by Crippen LogP contribution is 2.27. The molecule has 1 aromatic carbocycles. The third kappa shape index (κ3) is 4.25. The number of carbonyl (C=O) groups excluding carboxylic acids is 2. The average molecular weight is 445 g/mol. The number of ether oxygens (including phenoxy) is 2. The van der Waals surface area contributed by atoms with Crippen LogP contribution in [0.25, 0.3) is 0 Å². The maximum Gasteiger partial charge on any atom is 0.276 e. The fourth-order valence-corrected chi connectivity index (χ4v) is 3.84. The van der Waals surface area contributed by atoms with Gasteiger partial charge in [0.1, 0.15) is 11.4 Å². The number of rotatable bonds is 7. The highest BCUT2D eigenvalue weighted by Gasteiger charge is 2.38. The molecule has 1 aliphatic heterocycles. The van der Waals surface area contributed by atoms with Crippen LogP contribution < -0.4 is 15.5 Å². The van der Waals surface area contributed by atoms with E-state index in [1.165, 1.54) is 37.1 Å². The predicted molar refractivity (Wildman–Crippen MR) is 116 cm³/mol. The largest absolute Gasteiger partial charge is 0.491 e. The number of halogens is 1. The van der Waals surface area contributed by atoms with Gasteiger partial charge in [-0.25, -0.2) is 4.39 Å². The summed E-state index contributed by atoms with van der Waals surface area (Å²) in [5, 5.41) is 2.75. The molecule has 8 nitrogen and oxygen atoms in total. The average Bonchev–Trinajstić information content (AvgIpc) is 2.78. The van der Waals surface area contributed by atoms with E-state index in [-0.39, 0.29) is 35.4 Å². The molecular formula is C23H28FN3O5. The lowest BCUT2D eigenvalue weighted by atomic mass is 10.1. The number of fused-ring (bicyclic) bond motifs is 1. The Labute approximate surface area is 185 Å². The van der Waals surface area contributed by atoms with Gasteiger partial charge >= 0.3 is 0 Å². The van der Waals surface area contributed by atoms with E-state index in [1.54, 1.807) is 24.0 Å². The lowest BCUT2D eigenvalue weighted by molar-refractivity contribution is -0.0545. The van der Waals surface area contributed by atoms with Gasteiger partial charge in [-0.3, -0.25) is 14.4 Å². The van der Waals surface area contributed by atoms with Gasteiger partial charge in [-0.05, 0) is 38.0 Å². The van der Waals surface area contributed by atoms with Gasteiger partial charge < -0.3 is 24.3 Å². The number of methoxy groups -OCH3 is 2. The zero-order chi connectivity index (χ0) is 23.6. The van der Waals surface area contributed by atoms with Crippen LogP contribution in [-0.4, -0.2) is 47.8 Å². The number of amides is 2. The molecule has 1 N–H and O–H groups in total. The topological polar surface area (TPSA) is 89.9 Å². The molecule has 9 heteroatoms. The molecule has 2 aromatic rings. The van der Waals surface area contributed by atoms with Crippen LogP contribution in [0.5, 0.6) is 5.75 Å². The number of pyridine rings is 1. The van der Waals surface area contributed by atoms with Crippen LogP contribution in [0.2, 0.25) is 0 Å². The molecule has 2 heterocycles. The molecule has 0 saturated heterocycles. The van der Waals surface area contributed by atoms with E-state index in [0.717, 1.165) is 0 Å². The van der Waals surface area contributed by atoms with E-state index in [1.807, 2.05) is 13.8 Å². The molecule has 0 spiro atoms. The second-order valence-corrected chi connectivity index (χ2v) is 7.81. The molecule has 172 valence electrons. The number of nitrogens with zero attached hydrogens (tertiary/aromatic N) is 2. The van der Waals surface area contributed by atoms with Gasteiger partial charge in [-0.1, -0.05) is 19.1 Å². The smallest absolute Gasteiger partial charge is 0.276 e. The van der Waals surface area contributed by atoms with Crippen LogP contribution in [0, 0.1) is 5.82 Å². The van der Waals surface area contributed by atoms with Crippen LogP contribution in [0.15, 0.2) is 35.3 Å². The van der Waals surface area contributed by atoms with Crippen LogP contribution in [-0.2, 0) is 11.3 Å². The minimum atomic E-state index is -0.670. The molecule has 2 amide bonds. The second-order valence-electron chi connectivity index (χ2n) is 7.81. The Kier molecular flexibility index (Phi) is 6.98. The van der Waals surface area contributed by atoms with Gasteiger partial charge in [-0.15, -0.1) is 0 Å². The number of hydrogen-bond acceptors (Lipinski definition) is 5. The summed E-state index contributed by atoms with van der Waals surface area (Å²) in [4.78, 5) is 40.9. The SMILES string of the molecule is CC[C@@H](C)N1C(=O)c2c(OC)c(=O)c(C(=O)N[C@@H](C)c3ccc(F)cc3)cn2C[C@H]1OC. The summed E-state index contributed by atoms with van der Waals surface area (Å²) < 4.78 is 25.5. The van der Waals surface area contributed by atoms with Crippen molar-refractivity contribution in [2.75, 3.05) is 14.2 Å². The zero-order valence-electron chi connectivity index (χ0n) is 18.8. The van der Waals surface area contributed by atoms with E-state index >= 15 is 0 Å². The summed E-state index contributed by atoms with van der Waals surface area (Å²) in [6.07, 6.45) is 1.52. The third-order valence-electron chi connectivity index (χ3n) is 5.84. The normalized spacial score (nSPS) is 17.5. The van der Waals surface area contributed by atoms with Crippen LogP contribution in [0.1, 0.15) is 59.6 Å². The molecule has 32 heavy (non-hydrogen) atoms. The number of carbonyl (C=O) groups is 2. The Morgan fingerprint density at radius 3 is 2.44 bits per heavy atom. The first-order valence-electron chi connectivity index (χ1n) is 10.5. The molecule has 0 saturated carbocycles. The Hall–Kier alpha value is -3.20. The van der Waals surface area contributed by atoms with Gasteiger partial charge in [0, 0.05) is 19.3 Å². The van der Waals surface area contributed by atoms with E-state index in [2.05, 4.69) is 5.32 Å². The van der Waals surface area contributed by atoms with Crippen molar-refractivity contribution in [3.63, 3.8) is 0 Å². The van der Waals surface area contributed by atoms with Gasteiger partial charge in [0.05, 0.1) is 19.7 Å². The van der Waals surface area contributed by atoms with Crippen molar-refractivity contribution >= 4 is 11.8 Å². The molecule has 3 atom stereocenters. The first kappa shape index (κ1) is 23.5. The second kappa shape index (κ2) is 9.52. The lowest BCUT2D eigenvalue weighted by Gasteiger charge is -2.40. The summed E-state index contributed by atoms with van der Waals surface area (Å²) in [6, 6.07) is 5.14. The van der Waals surface area contributed by atoms with Crippen molar-refractivity contribution in [3.05, 3.63) is 63.3 Å². The van der Waals surface area contributed by atoms with Crippen LogP contribution >= 0.6 is 0 Å². The minimum Gasteiger partial charge on any atom is -0.491 e. The minimum absolute atomic E-state index is 0.0919. The van der Waals surface area contributed by atoms with E-state index in [4.69, 9.17) is 9.47 Å². The monoisotopic (exact) mass is 445 g/mol. The van der Waals surface area contributed by atoms with Crippen molar-refractivity contribution in [3.8, 4) is 5.75 Å². The van der Waals surface area contributed by atoms with E-state index in [0.29, 0.717) is 12.0 Å². The molecule has 3 rings (SSSR count). The molecule has 1 aromatic heterocycles. The zero-order valence-corrected chi connectivity index (χ0v) is 18.8. The highest BCUT2D eigenvalue weighted by molar-refractivity contribution is 5.99. The molecule has 0 aliphatic carbocycles. The number of hydrogen-bond donors (Lipinski definition) is 1. The third-order valence-corrected chi connectivity index (χ3v) is 5.84. The highest BCUT2D eigenvalue weighted by atomic mass is 19.1. The van der Waals surface area contributed by atoms with Crippen molar-refractivity contribution in [2.45, 2.75) is 52.0 Å². The first-order chi connectivity index (χ1) is 15.2. The molecule has 0 radical (unpaired) electrons.